The van der Waals surface area contributed by atoms with Gasteiger partial charge in [0.25, 0.3) is 5.56 Å². The number of rotatable bonds is 3. The zero-order valence-electron chi connectivity index (χ0n) is 16.8. The minimum absolute atomic E-state index is 0.0815. The molecule has 5 aromatic rings. The van der Waals surface area contributed by atoms with Crippen LogP contribution >= 0.6 is 11.3 Å². The van der Waals surface area contributed by atoms with Gasteiger partial charge in [-0.25, -0.2) is 9.97 Å². The van der Waals surface area contributed by atoms with Gasteiger partial charge < -0.3 is 4.90 Å². The summed E-state index contributed by atoms with van der Waals surface area (Å²) in [6, 6.07) is 13.8. The fourth-order valence-corrected chi connectivity index (χ4v) is 4.60. The molecule has 0 bridgehead atoms. The smallest absolute Gasteiger partial charge is 0.275 e. The van der Waals surface area contributed by atoms with Crippen molar-refractivity contribution in [2.75, 3.05) is 19.0 Å². The van der Waals surface area contributed by atoms with Gasteiger partial charge in [0.05, 0.1) is 22.5 Å². The van der Waals surface area contributed by atoms with Gasteiger partial charge in [-0.1, -0.05) is 17.7 Å². The molecule has 0 saturated heterocycles. The van der Waals surface area contributed by atoms with Gasteiger partial charge in [-0.3, -0.25) is 14.3 Å². The van der Waals surface area contributed by atoms with E-state index >= 15 is 0 Å². The normalized spacial score (nSPS) is 11.3. The molecule has 0 spiro atoms. The second-order valence-electron chi connectivity index (χ2n) is 7.37. The fourth-order valence-electron chi connectivity index (χ4n) is 3.52. The van der Waals surface area contributed by atoms with Gasteiger partial charge in [0, 0.05) is 32.1 Å². The number of thiophene rings is 1. The first-order valence-electron chi connectivity index (χ1n) is 9.52. The summed E-state index contributed by atoms with van der Waals surface area (Å²) in [5, 5.41) is 0.908. The third-order valence-corrected chi connectivity index (χ3v) is 6.16. The second-order valence-corrected chi connectivity index (χ2v) is 8.37. The Bertz CT molecular complexity index is 1440. The lowest BCUT2D eigenvalue weighted by molar-refractivity contribution is 0.966. The molecule has 0 fully saturated rings. The molecule has 0 unspecified atom stereocenters. The monoisotopic (exact) mass is 413 g/mol. The molecule has 6 nitrogen and oxygen atoms in total. The third kappa shape index (κ3) is 2.95. The molecule has 30 heavy (non-hydrogen) atoms. The van der Waals surface area contributed by atoms with E-state index in [0.717, 1.165) is 38.4 Å². The lowest BCUT2D eigenvalue weighted by atomic mass is 10.1. The average molecular weight is 414 g/mol. The van der Waals surface area contributed by atoms with E-state index in [0.29, 0.717) is 10.2 Å². The minimum Gasteiger partial charge on any atom is -0.377 e. The highest BCUT2D eigenvalue weighted by atomic mass is 32.1. The molecule has 5 rings (SSSR count). The highest BCUT2D eigenvalue weighted by Crippen LogP contribution is 2.38. The summed E-state index contributed by atoms with van der Waals surface area (Å²) in [6.07, 6.45) is 5.12. The molecule has 0 radical (unpaired) electrons. The molecule has 148 valence electrons. The molecular formula is C23H19N5OS. The van der Waals surface area contributed by atoms with Crippen molar-refractivity contribution in [3.63, 3.8) is 0 Å². The molecule has 7 heteroatoms. The molecule has 0 atom stereocenters. The van der Waals surface area contributed by atoms with E-state index in [4.69, 9.17) is 4.98 Å². The molecular weight excluding hydrogens is 394 g/mol. The van der Waals surface area contributed by atoms with Crippen LogP contribution in [0.3, 0.4) is 0 Å². The van der Waals surface area contributed by atoms with Crippen molar-refractivity contribution in [1.29, 1.82) is 0 Å². The summed E-state index contributed by atoms with van der Waals surface area (Å²) in [5.41, 5.74) is 5.37. The number of pyridine rings is 2. The van der Waals surface area contributed by atoms with E-state index in [1.165, 1.54) is 11.3 Å². The lowest BCUT2D eigenvalue weighted by Gasteiger charge is -2.15. The first-order chi connectivity index (χ1) is 14.5. The molecule has 0 saturated carbocycles. The first kappa shape index (κ1) is 18.4. The number of anilines is 1. The fraction of sp³-hybridized carbons (Fsp3) is 0.130. The quantitative estimate of drug-likeness (QED) is 0.438. The van der Waals surface area contributed by atoms with Gasteiger partial charge in [-0.05, 0) is 37.3 Å². The van der Waals surface area contributed by atoms with E-state index in [2.05, 4.69) is 9.97 Å². The van der Waals surface area contributed by atoms with E-state index in [1.54, 1.807) is 23.3 Å². The zero-order valence-corrected chi connectivity index (χ0v) is 17.6. The van der Waals surface area contributed by atoms with Gasteiger partial charge in [0.15, 0.2) is 0 Å². The summed E-state index contributed by atoms with van der Waals surface area (Å²) in [4.78, 5) is 29.8. The van der Waals surface area contributed by atoms with Crippen LogP contribution < -0.4 is 10.5 Å². The van der Waals surface area contributed by atoms with Crippen molar-refractivity contribution in [3.8, 4) is 16.9 Å². The standard InChI is InChI=1S/C23H19N5OS/c1-14-4-6-16(7-5-14)28-13-25-20-19-18(27(2)3)12-17(15-8-10-24-11-9-15)26-22(19)30-21(20)23(28)29/h4-13H,1-3H3. The van der Waals surface area contributed by atoms with Crippen molar-refractivity contribution in [3.05, 3.63) is 77.1 Å². The Morgan fingerprint density at radius 3 is 2.47 bits per heavy atom. The van der Waals surface area contributed by atoms with Crippen LogP contribution in [0.1, 0.15) is 5.56 Å². The average Bonchev–Trinajstić information content (AvgIpc) is 3.14. The van der Waals surface area contributed by atoms with Crippen LogP contribution in [0.15, 0.2) is 66.0 Å². The van der Waals surface area contributed by atoms with Gasteiger partial charge >= 0.3 is 0 Å². The number of hydrogen-bond donors (Lipinski definition) is 0. The topological polar surface area (TPSA) is 63.9 Å². The Kier molecular flexibility index (Phi) is 4.33. The van der Waals surface area contributed by atoms with Crippen LogP contribution in [0.4, 0.5) is 5.69 Å². The largest absolute Gasteiger partial charge is 0.377 e. The number of hydrogen-bond acceptors (Lipinski definition) is 6. The van der Waals surface area contributed by atoms with Crippen molar-refractivity contribution < 1.29 is 0 Å². The molecule has 0 N–H and O–H groups in total. The molecule has 4 heterocycles. The van der Waals surface area contributed by atoms with Crippen molar-refractivity contribution >= 4 is 37.5 Å². The summed E-state index contributed by atoms with van der Waals surface area (Å²) < 4.78 is 2.20. The van der Waals surface area contributed by atoms with Crippen LogP contribution in [0.2, 0.25) is 0 Å². The van der Waals surface area contributed by atoms with E-state index in [1.807, 2.05) is 68.4 Å². The number of aryl methyl sites for hydroxylation is 1. The van der Waals surface area contributed by atoms with E-state index in [9.17, 15) is 4.79 Å². The Labute approximate surface area is 177 Å². The van der Waals surface area contributed by atoms with Gasteiger partial charge in [-0.2, -0.15) is 0 Å². The number of aromatic nitrogens is 4. The number of nitrogens with zero attached hydrogens (tertiary/aromatic N) is 5. The maximum Gasteiger partial charge on any atom is 0.275 e. The Hall–Kier alpha value is -3.58. The lowest BCUT2D eigenvalue weighted by Crippen LogP contribution is -2.17. The van der Waals surface area contributed by atoms with Crippen LogP contribution in [0.25, 0.3) is 37.4 Å². The van der Waals surface area contributed by atoms with Crippen LogP contribution in [0.5, 0.6) is 0 Å². The van der Waals surface area contributed by atoms with Gasteiger partial charge in [-0.15, -0.1) is 11.3 Å². The predicted octanol–water partition coefficient (Wildman–Crippen LogP) is 4.43. The number of fused-ring (bicyclic) bond motifs is 3. The molecule has 1 aromatic carbocycles. The van der Waals surface area contributed by atoms with Gasteiger partial charge in [0.2, 0.25) is 0 Å². The van der Waals surface area contributed by atoms with E-state index in [-0.39, 0.29) is 5.56 Å². The van der Waals surface area contributed by atoms with Crippen molar-refractivity contribution in [2.45, 2.75) is 6.92 Å². The summed E-state index contributed by atoms with van der Waals surface area (Å²) in [6.45, 7) is 2.02. The van der Waals surface area contributed by atoms with E-state index < -0.39 is 0 Å². The summed E-state index contributed by atoms with van der Waals surface area (Å²) in [5.74, 6) is 0. The second kappa shape index (κ2) is 7.03. The first-order valence-corrected chi connectivity index (χ1v) is 10.3. The highest BCUT2D eigenvalue weighted by molar-refractivity contribution is 7.25. The maximum atomic E-state index is 13.3. The SMILES string of the molecule is Cc1ccc(-n2cnc3c(sc4nc(-c5ccncc5)cc(N(C)C)c43)c2=O)cc1. The Morgan fingerprint density at radius 2 is 1.77 bits per heavy atom. The highest BCUT2D eigenvalue weighted by Gasteiger charge is 2.19. The number of benzene rings is 1. The zero-order chi connectivity index (χ0) is 20.8. The molecule has 0 amide bonds. The van der Waals surface area contributed by atoms with Crippen molar-refractivity contribution in [2.24, 2.45) is 0 Å². The minimum atomic E-state index is -0.0815. The summed E-state index contributed by atoms with van der Waals surface area (Å²) in [7, 11) is 3.98. The maximum absolute atomic E-state index is 13.3. The van der Waals surface area contributed by atoms with Crippen LogP contribution in [-0.2, 0) is 0 Å². The van der Waals surface area contributed by atoms with Crippen LogP contribution in [0, 0.1) is 6.92 Å². The molecule has 4 aromatic heterocycles. The molecule has 0 aliphatic carbocycles. The molecule has 0 aliphatic heterocycles. The Morgan fingerprint density at radius 1 is 1.03 bits per heavy atom. The van der Waals surface area contributed by atoms with Gasteiger partial charge in [0.1, 0.15) is 21.4 Å². The third-order valence-electron chi connectivity index (χ3n) is 5.10. The molecule has 0 aliphatic rings. The predicted molar refractivity (Wildman–Crippen MR) is 123 cm³/mol. The summed E-state index contributed by atoms with van der Waals surface area (Å²) >= 11 is 1.39. The Balaban J connectivity index is 1.80. The van der Waals surface area contributed by atoms with Crippen LogP contribution in [-0.4, -0.2) is 33.6 Å². The van der Waals surface area contributed by atoms with Crippen molar-refractivity contribution in [1.82, 2.24) is 19.5 Å².